The number of hydrogen-bond acceptors (Lipinski definition) is 1. The largest absolute Gasteiger partial charge is 0.356 e. The van der Waals surface area contributed by atoms with E-state index in [-0.39, 0.29) is 5.54 Å². The van der Waals surface area contributed by atoms with E-state index in [0.717, 1.165) is 28.4 Å². The number of quaternary nitrogens is 1. The van der Waals surface area contributed by atoms with Gasteiger partial charge in [-0.3, -0.25) is 0 Å². The Morgan fingerprint density at radius 1 is 1.22 bits per heavy atom. The van der Waals surface area contributed by atoms with Crippen LogP contribution in [-0.4, -0.2) is 31.3 Å². The summed E-state index contributed by atoms with van der Waals surface area (Å²) in [6.45, 7) is 5.01. The molecule has 1 saturated carbocycles. The maximum atomic E-state index is 6.35. The maximum absolute atomic E-state index is 6.35. The van der Waals surface area contributed by atoms with Crippen LogP contribution < -0.4 is 15.5 Å². The summed E-state index contributed by atoms with van der Waals surface area (Å²) >= 11 is 11.9. The second-order valence-corrected chi connectivity index (χ2v) is 7.90. The van der Waals surface area contributed by atoms with Crippen molar-refractivity contribution >= 4 is 34.6 Å². The van der Waals surface area contributed by atoms with Crippen molar-refractivity contribution in [3.05, 3.63) is 28.3 Å². The van der Waals surface area contributed by atoms with Crippen LogP contribution in [0.4, 0.5) is 5.69 Å². The van der Waals surface area contributed by atoms with Gasteiger partial charge in [0.15, 0.2) is 5.11 Å². The number of nitrogens with one attached hydrogen (secondary N) is 3. The molecule has 0 radical (unpaired) electrons. The van der Waals surface area contributed by atoms with Gasteiger partial charge in [-0.1, -0.05) is 24.1 Å². The van der Waals surface area contributed by atoms with Crippen LogP contribution in [-0.2, 0) is 0 Å². The van der Waals surface area contributed by atoms with Crippen LogP contribution in [0, 0.1) is 13.8 Å². The molecule has 3 N–H and O–H groups in total. The van der Waals surface area contributed by atoms with E-state index in [0.29, 0.717) is 5.11 Å². The van der Waals surface area contributed by atoms with Crippen molar-refractivity contribution in [2.24, 2.45) is 0 Å². The van der Waals surface area contributed by atoms with E-state index in [1.807, 2.05) is 13.0 Å². The van der Waals surface area contributed by atoms with Gasteiger partial charge >= 0.3 is 0 Å². The van der Waals surface area contributed by atoms with E-state index >= 15 is 0 Å². The van der Waals surface area contributed by atoms with Gasteiger partial charge in [0.1, 0.15) is 5.54 Å². The summed E-state index contributed by atoms with van der Waals surface area (Å²) in [7, 11) is 4.51. The van der Waals surface area contributed by atoms with Gasteiger partial charge < -0.3 is 15.5 Å². The third-order valence-electron chi connectivity index (χ3n) is 5.13. The first-order valence-electron chi connectivity index (χ1n) is 8.46. The fourth-order valence-electron chi connectivity index (χ4n) is 3.56. The molecule has 0 heterocycles. The maximum Gasteiger partial charge on any atom is 0.171 e. The van der Waals surface area contributed by atoms with Crippen molar-refractivity contribution in [3.8, 4) is 0 Å². The molecule has 0 spiro atoms. The molecular formula is C18H29ClN3S+. The average molecular weight is 355 g/mol. The zero-order valence-electron chi connectivity index (χ0n) is 14.7. The molecule has 0 aromatic heterocycles. The van der Waals surface area contributed by atoms with Crippen LogP contribution in [0.25, 0.3) is 0 Å². The van der Waals surface area contributed by atoms with Gasteiger partial charge in [-0.05, 0) is 56.1 Å². The molecular weight excluding hydrogens is 326 g/mol. The molecule has 23 heavy (non-hydrogen) atoms. The van der Waals surface area contributed by atoms with Crippen LogP contribution in [0.15, 0.2) is 12.1 Å². The van der Waals surface area contributed by atoms with E-state index in [9.17, 15) is 0 Å². The number of thiocarbonyl (C=S) groups is 1. The Balaban J connectivity index is 2.00. The molecule has 3 nitrogen and oxygen atoms in total. The van der Waals surface area contributed by atoms with E-state index in [1.54, 1.807) is 0 Å². The molecule has 0 amide bonds. The van der Waals surface area contributed by atoms with E-state index < -0.39 is 0 Å². The summed E-state index contributed by atoms with van der Waals surface area (Å²) in [5, 5.41) is 8.09. The molecule has 0 bridgehead atoms. The third-order valence-corrected chi connectivity index (χ3v) is 5.67. The molecule has 5 heteroatoms. The van der Waals surface area contributed by atoms with Crippen molar-refractivity contribution < 1.29 is 4.90 Å². The molecule has 1 aliphatic carbocycles. The van der Waals surface area contributed by atoms with Crippen LogP contribution >= 0.6 is 23.8 Å². The predicted molar refractivity (Wildman–Crippen MR) is 104 cm³/mol. The van der Waals surface area contributed by atoms with Crippen molar-refractivity contribution in [3.63, 3.8) is 0 Å². The molecule has 1 aliphatic rings. The van der Waals surface area contributed by atoms with E-state index in [2.05, 4.69) is 37.7 Å². The summed E-state index contributed by atoms with van der Waals surface area (Å²) in [6, 6.07) is 4.08. The summed E-state index contributed by atoms with van der Waals surface area (Å²) in [6.07, 6.45) is 6.51. The quantitative estimate of drug-likeness (QED) is 0.726. The zero-order valence-corrected chi connectivity index (χ0v) is 16.3. The average Bonchev–Trinajstić information content (AvgIpc) is 2.49. The Hall–Kier alpha value is -0.840. The first-order chi connectivity index (χ1) is 10.8. The van der Waals surface area contributed by atoms with Crippen molar-refractivity contribution in [1.29, 1.82) is 0 Å². The standard InChI is InChI=1S/C18H28ClN3S/c1-13-10-14(2)16(15(19)11-13)21-17(23)20-12-18(22(3)4)8-6-5-7-9-18/h10-11H,5-9,12H2,1-4H3,(H2,20,21,23)/p+1. The number of rotatable bonds is 4. The minimum absolute atomic E-state index is 0.288. The van der Waals surface area contributed by atoms with Crippen LogP contribution in [0.3, 0.4) is 0 Å². The highest BCUT2D eigenvalue weighted by atomic mass is 35.5. The highest BCUT2D eigenvalue weighted by molar-refractivity contribution is 7.80. The molecule has 1 aromatic rings. The smallest absolute Gasteiger partial charge is 0.171 e. The van der Waals surface area contributed by atoms with Gasteiger partial charge in [0.2, 0.25) is 0 Å². The van der Waals surface area contributed by atoms with Gasteiger partial charge in [-0.15, -0.1) is 0 Å². The molecule has 0 atom stereocenters. The van der Waals surface area contributed by atoms with Gasteiger partial charge in [0, 0.05) is 12.8 Å². The lowest BCUT2D eigenvalue weighted by molar-refractivity contribution is -0.916. The van der Waals surface area contributed by atoms with Gasteiger partial charge in [0.25, 0.3) is 0 Å². The third kappa shape index (κ3) is 4.59. The van der Waals surface area contributed by atoms with Crippen LogP contribution in [0.2, 0.25) is 5.02 Å². The Kier molecular flexibility index (Phi) is 6.29. The first-order valence-corrected chi connectivity index (χ1v) is 9.25. The molecule has 0 saturated heterocycles. The SMILES string of the molecule is Cc1cc(C)c(NC(=S)NCC2([NH+](C)C)CCCCC2)c(Cl)c1. The molecule has 1 fully saturated rings. The van der Waals surface area contributed by atoms with Gasteiger partial charge in [-0.2, -0.15) is 0 Å². The number of anilines is 1. The van der Waals surface area contributed by atoms with Crippen molar-refractivity contribution in [2.75, 3.05) is 26.0 Å². The van der Waals surface area contributed by atoms with Crippen LogP contribution in [0.5, 0.6) is 0 Å². The highest BCUT2D eigenvalue weighted by Crippen LogP contribution is 2.28. The summed E-state index contributed by atoms with van der Waals surface area (Å²) in [5.74, 6) is 0. The van der Waals surface area contributed by atoms with E-state index in [1.165, 1.54) is 37.0 Å². The van der Waals surface area contributed by atoms with Crippen molar-refractivity contribution in [1.82, 2.24) is 5.32 Å². The monoisotopic (exact) mass is 354 g/mol. The Bertz CT molecular complexity index is 542. The van der Waals surface area contributed by atoms with Gasteiger partial charge in [-0.25, -0.2) is 0 Å². The number of benzene rings is 1. The molecule has 0 unspecified atom stereocenters. The molecule has 128 valence electrons. The lowest BCUT2D eigenvalue weighted by Gasteiger charge is -2.40. The Morgan fingerprint density at radius 2 is 1.87 bits per heavy atom. The van der Waals surface area contributed by atoms with Crippen molar-refractivity contribution in [2.45, 2.75) is 51.5 Å². The Morgan fingerprint density at radius 3 is 2.43 bits per heavy atom. The number of likely N-dealkylation sites (N-methyl/N-ethyl adjacent to an activating group) is 1. The minimum Gasteiger partial charge on any atom is -0.356 e. The predicted octanol–water partition coefficient (Wildman–Crippen LogP) is 3.09. The fraction of sp³-hybridized carbons (Fsp3) is 0.611. The minimum atomic E-state index is 0.288. The summed E-state index contributed by atoms with van der Waals surface area (Å²) < 4.78 is 0. The number of hydrogen-bond donors (Lipinski definition) is 3. The van der Waals surface area contributed by atoms with E-state index in [4.69, 9.17) is 23.8 Å². The number of halogens is 1. The normalized spacial score (nSPS) is 17.1. The molecule has 0 aliphatic heterocycles. The van der Waals surface area contributed by atoms with Gasteiger partial charge in [0.05, 0.1) is 31.4 Å². The summed E-state index contributed by atoms with van der Waals surface area (Å²) in [4.78, 5) is 1.51. The first kappa shape index (κ1) is 18.5. The Labute approximate surface area is 150 Å². The highest BCUT2D eigenvalue weighted by Gasteiger charge is 2.38. The fourth-order valence-corrected chi connectivity index (χ4v) is 4.11. The second kappa shape index (κ2) is 7.82. The molecule has 1 aromatic carbocycles. The second-order valence-electron chi connectivity index (χ2n) is 7.09. The zero-order chi connectivity index (χ0) is 17.0. The summed E-state index contributed by atoms with van der Waals surface area (Å²) in [5.41, 5.74) is 3.47. The topological polar surface area (TPSA) is 28.5 Å². The molecule has 2 rings (SSSR count). The number of aryl methyl sites for hydroxylation is 2. The lowest BCUT2D eigenvalue weighted by Crippen LogP contribution is -3.16. The lowest BCUT2D eigenvalue weighted by atomic mass is 9.80. The van der Waals surface area contributed by atoms with Crippen LogP contribution in [0.1, 0.15) is 43.2 Å².